The van der Waals surface area contributed by atoms with Gasteiger partial charge in [0.05, 0.1) is 6.54 Å². The zero-order valence-electron chi connectivity index (χ0n) is 10.6. The molecule has 0 atom stereocenters. The fourth-order valence-electron chi connectivity index (χ4n) is 1.67. The Bertz CT molecular complexity index is 568. The zero-order chi connectivity index (χ0) is 13.7. The number of carbonyl (C=O) groups is 1. The van der Waals surface area contributed by atoms with E-state index in [0.29, 0.717) is 13.1 Å². The predicted octanol–water partition coefficient (Wildman–Crippen LogP) is 3.55. The molecule has 0 saturated heterocycles. The van der Waals surface area contributed by atoms with Gasteiger partial charge in [-0.2, -0.15) is 0 Å². The topological polar surface area (TPSA) is 41.1 Å². The number of halogens is 1. The van der Waals surface area contributed by atoms with Gasteiger partial charge in [0.1, 0.15) is 0 Å². The van der Waals surface area contributed by atoms with Gasteiger partial charge < -0.3 is 10.6 Å². The molecule has 1 aromatic heterocycles. The molecule has 0 radical (unpaired) electrons. The van der Waals surface area contributed by atoms with Crippen molar-refractivity contribution in [1.82, 2.24) is 5.32 Å². The molecule has 2 rings (SSSR count). The molecular formula is C14H15BrN2OS. The molecule has 1 amide bonds. The van der Waals surface area contributed by atoms with Gasteiger partial charge in [0.25, 0.3) is 0 Å². The van der Waals surface area contributed by atoms with E-state index in [4.69, 9.17) is 0 Å². The third-order valence-electron chi connectivity index (χ3n) is 2.56. The van der Waals surface area contributed by atoms with Crippen molar-refractivity contribution in [3.05, 3.63) is 50.6 Å². The van der Waals surface area contributed by atoms with Crippen LogP contribution in [0.1, 0.15) is 10.4 Å². The highest BCUT2D eigenvalue weighted by atomic mass is 79.9. The van der Waals surface area contributed by atoms with Crippen molar-refractivity contribution in [2.75, 3.05) is 11.9 Å². The third-order valence-corrected chi connectivity index (χ3v) is 4.49. The van der Waals surface area contributed by atoms with Gasteiger partial charge in [-0.3, -0.25) is 4.79 Å². The van der Waals surface area contributed by atoms with Crippen molar-refractivity contribution in [2.45, 2.75) is 13.5 Å². The lowest BCUT2D eigenvalue weighted by atomic mass is 10.2. The van der Waals surface area contributed by atoms with E-state index in [2.05, 4.69) is 26.6 Å². The maximum absolute atomic E-state index is 11.8. The first-order valence-electron chi connectivity index (χ1n) is 5.94. The number of carbonyl (C=O) groups excluding carboxylic acids is 1. The number of rotatable bonds is 5. The maximum atomic E-state index is 11.8. The Morgan fingerprint density at radius 2 is 2.21 bits per heavy atom. The summed E-state index contributed by atoms with van der Waals surface area (Å²) in [7, 11) is 0. The fraction of sp³-hybridized carbons (Fsp3) is 0.214. The molecule has 0 saturated carbocycles. The first-order chi connectivity index (χ1) is 9.15. The molecule has 2 aromatic rings. The summed E-state index contributed by atoms with van der Waals surface area (Å²) >= 11 is 5.13. The average Bonchev–Trinajstić information content (AvgIpc) is 2.75. The Kier molecular flexibility index (Phi) is 5.13. The van der Waals surface area contributed by atoms with Gasteiger partial charge in [0.2, 0.25) is 5.91 Å². The van der Waals surface area contributed by atoms with Crippen molar-refractivity contribution < 1.29 is 4.79 Å². The largest absolute Gasteiger partial charge is 0.325 e. The van der Waals surface area contributed by atoms with E-state index in [-0.39, 0.29) is 5.91 Å². The van der Waals surface area contributed by atoms with E-state index >= 15 is 0 Å². The van der Waals surface area contributed by atoms with Crippen LogP contribution in [0.15, 0.2) is 40.2 Å². The first-order valence-corrected chi connectivity index (χ1v) is 7.61. The second-order valence-electron chi connectivity index (χ2n) is 4.21. The average molecular weight is 339 g/mol. The van der Waals surface area contributed by atoms with E-state index < -0.39 is 0 Å². The monoisotopic (exact) mass is 338 g/mol. The second kappa shape index (κ2) is 6.84. The first kappa shape index (κ1) is 14.2. The van der Waals surface area contributed by atoms with E-state index in [9.17, 15) is 4.79 Å². The van der Waals surface area contributed by atoms with Gasteiger partial charge in [-0.05, 0) is 52.0 Å². The minimum Gasteiger partial charge on any atom is -0.325 e. The van der Waals surface area contributed by atoms with Crippen LogP contribution in [0.3, 0.4) is 0 Å². The van der Waals surface area contributed by atoms with Gasteiger partial charge >= 0.3 is 0 Å². The fourth-order valence-corrected chi connectivity index (χ4v) is 3.13. The highest BCUT2D eigenvalue weighted by Crippen LogP contribution is 2.21. The quantitative estimate of drug-likeness (QED) is 0.875. The van der Waals surface area contributed by atoms with E-state index in [1.807, 2.05) is 42.6 Å². The Morgan fingerprint density at radius 3 is 2.89 bits per heavy atom. The molecule has 0 unspecified atom stereocenters. The van der Waals surface area contributed by atoms with Crippen LogP contribution in [-0.2, 0) is 11.3 Å². The second-order valence-corrected chi connectivity index (χ2v) is 6.07. The molecule has 0 fully saturated rings. The van der Waals surface area contributed by atoms with E-state index in [0.717, 1.165) is 15.7 Å². The Hall–Kier alpha value is -1.17. The SMILES string of the molecule is Cc1cccc(NC(=O)CNCc2sccc2Br)c1. The molecule has 0 spiro atoms. The van der Waals surface area contributed by atoms with E-state index in [1.54, 1.807) is 11.3 Å². The number of hydrogen-bond donors (Lipinski definition) is 2. The molecule has 100 valence electrons. The molecule has 0 aliphatic carbocycles. The number of benzene rings is 1. The normalized spacial score (nSPS) is 10.4. The van der Waals surface area contributed by atoms with Crippen LogP contribution in [0.25, 0.3) is 0 Å². The minimum atomic E-state index is -0.0294. The van der Waals surface area contributed by atoms with Gasteiger partial charge in [-0.1, -0.05) is 12.1 Å². The van der Waals surface area contributed by atoms with Gasteiger partial charge in [0, 0.05) is 21.6 Å². The molecule has 2 N–H and O–H groups in total. The summed E-state index contributed by atoms with van der Waals surface area (Å²) in [5.74, 6) is -0.0294. The van der Waals surface area contributed by atoms with Crippen molar-refractivity contribution in [1.29, 1.82) is 0 Å². The number of anilines is 1. The number of nitrogens with one attached hydrogen (secondary N) is 2. The summed E-state index contributed by atoms with van der Waals surface area (Å²) in [4.78, 5) is 13.0. The zero-order valence-corrected chi connectivity index (χ0v) is 13.0. The lowest BCUT2D eigenvalue weighted by Gasteiger charge is -2.07. The number of thiophene rings is 1. The van der Waals surface area contributed by atoms with E-state index in [1.165, 1.54) is 4.88 Å². The lowest BCUT2D eigenvalue weighted by molar-refractivity contribution is -0.115. The van der Waals surface area contributed by atoms with Gasteiger partial charge in [-0.15, -0.1) is 11.3 Å². The standard InChI is InChI=1S/C14H15BrN2OS/c1-10-3-2-4-11(7-10)17-14(18)9-16-8-13-12(15)5-6-19-13/h2-7,16H,8-9H2,1H3,(H,17,18). The Labute approximate surface area is 125 Å². The molecule has 0 aliphatic heterocycles. The molecule has 0 aliphatic rings. The van der Waals surface area contributed by atoms with Crippen LogP contribution in [0, 0.1) is 6.92 Å². The molecule has 1 aromatic carbocycles. The van der Waals surface area contributed by atoms with Gasteiger partial charge in [-0.25, -0.2) is 0 Å². The summed E-state index contributed by atoms with van der Waals surface area (Å²) in [6, 6.07) is 9.78. The molecule has 3 nitrogen and oxygen atoms in total. The summed E-state index contributed by atoms with van der Waals surface area (Å²) < 4.78 is 1.09. The van der Waals surface area contributed by atoms with Crippen molar-refractivity contribution in [3.63, 3.8) is 0 Å². The molecule has 1 heterocycles. The minimum absolute atomic E-state index is 0.0294. The van der Waals surface area contributed by atoms with Crippen LogP contribution in [0.5, 0.6) is 0 Å². The molecule has 5 heteroatoms. The summed E-state index contributed by atoms with van der Waals surface area (Å²) in [5.41, 5.74) is 1.97. The number of aryl methyl sites for hydroxylation is 1. The Morgan fingerprint density at radius 1 is 1.37 bits per heavy atom. The lowest BCUT2D eigenvalue weighted by Crippen LogP contribution is -2.27. The van der Waals surface area contributed by atoms with Crippen LogP contribution < -0.4 is 10.6 Å². The highest BCUT2D eigenvalue weighted by molar-refractivity contribution is 9.10. The molecular weight excluding hydrogens is 324 g/mol. The molecule has 19 heavy (non-hydrogen) atoms. The van der Waals surface area contributed by atoms with Crippen LogP contribution in [-0.4, -0.2) is 12.5 Å². The summed E-state index contributed by atoms with van der Waals surface area (Å²) in [6.45, 7) is 3.00. The van der Waals surface area contributed by atoms with Crippen molar-refractivity contribution >= 4 is 38.9 Å². The van der Waals surface area contributed by atoms with Crippen molar-refractivity contribution in [3.8, 4) is 0 Å². The van der Waals surface area contributed by atoms with Crippen LogP contribution in [0.2, 0.25) is 0 Å². The molecule has 0 bridgehead atoms. The highest BCUT2D eigenvalue weighted by Gasteiger charge is 2.04. The predicted molar refractivity (Wildman–Crippen MR) is 83.5 cm³/mol. The van der Waals surface area contributed by atoms with Crippen LogP contribution >= 0.6 is 27.3 Å². The summed E-state index contributed by atoms with van der Waals surface area (Å²) in [5, 5.41) is 8.02. The summed E-state index contributed by atoms with van der Waals surface area (Å²) in [6.07, 6.45) is 0. The smallest absolute Gasteiger partial charge is 0.238 e. The number of amides is 1. The van der Waals surface area contributed by atoms with Crippen LogP contribution in [0.4, 0.5) is 5.69 Å². The third kappa shape index (κ3) is 4.45. The van der Waals surface area contributed by atoms with Gasteiger partial charge in [0.15, 0.2) is 0 Å². The number of hydrogen-bond acceptors (Lipinski definition) is 3. The van der Waals surface area contributed by atoms with Crippen molar-refractivity contribution in [2.24, 2.45) is 0 Å². The maximum Gasteiger partial charge on any atom is 0.238 e. The Balaban J connectivity index is 1.77.